The molecule has 2 aliphatic rings. The van der Waals surface area contributed by atoms with Crippen LogP contribution in [0.4, 0.5) is 18.9 Å². The second kappa shape index (κ2) is 8.75. The van der Waals surface area contributed by atoms with Crippen LogP contribution in [0.1, 0.15) is 45.0 Å². The number of alkyl halides is 3. The van der Waals surface area contributed by atoms with E-state index in [0.717, 1.165) is 40.3 Å². The number of halogens is 3. The highest BCUT2D eigenvalue weighted by Gasteiger charge is 2.37. The third kappa shape index (κ3) is 4.48. The number of aromatic nitrogens is 3. The lowest BCUT2D eigenvalue weighted by molar-refractivity contribution is 0.150. The second-order valence-corrected chi connectivity index (χ2v) is 11.1. The van der Waals surface area contributed by atoms with Crippen molar-refractivity contribution in [2.24, 2.45) is 0 Å². The van der Waals surface area contributed by atoms with Gasteiger partial charge >= 0.3 is 0 Å². The molecule has 6 nitrogen and oxygen atoms in total. The van der Waals surface area contributed by atoms with Crippen LogP contribution >= 0.6 is 23.3 Å². The van der Waals surface area contributed by atoms with E-state index in [2.05, 4.69) is 52.0 Å². The van der Waals surface area contributed by atoms with Crippen molar-refractivity contribution >= 4 is 34.5 Å². The molecule has 0 amide bonds. The average Bonchev–Trinajstić information content (AvgIpc) is 3.17. The van der Waals surface area contributed by atoms with Crippen LogP contribution in [0, 0.1) is 0 Å². The van der Waals surface area contributed by atoms with Crippen LogP contribution in [-0.4, -0.2) is 51.5 Å². The van der Waals surface area contributed by atoms with Crippen molar-refractivity contribution in [2.75, 3.05) is 18.1 Å². The number of hydrogen-bond donors (Lipinski definition) is 2. The smallest absolute Gasteiger partial charge is 0.291 e. The van der Waals surface area contributed by atoms with Crippen molar-refractivity contribution < 1.29 is 13.2 Å². The maximum atomic E-state index is 13.6. The van der Waals surface area contributed by atoms with Gasteiger partial charge in [0.25, 0.3) is 6.43 Å². The third-order valence-electron chi connectivity index (χ3n) is 6.60. The number of anilines is 1. The molecule has 5 rings (SSSR count). The van der Waals surface area contributed by atoms with E-state index < -0.39 is 13.1 Å². The molecule has 1 aliphatic carbocycles. The van der Waals surface area contributed by atoms with E-state index in [4.69, 9.17) is 0 Å². The van der Waals surface area contributed by atoms with E-state index in [1.54, 1.807) is 11.9 Å². The Morgan fingerprint density at radius 1 is 1.30 bits per heavy atom. The van der Waals surface area contributed by atoms with Gasteiger partial charge in [-0.1, -0.05) is 11.3 Å². The molecule has 1 saturated heterocycles. The van der Waals surface area contributed by atoms with Crippen LogP contribution < -0.4 is 14.9 Å². The van der Waals surface area contributed by atoms with E-state index >= 15 is 0 Å². The standard InChI is InChI=1S/C22H27F3N6S2/c1-12-13(2)30(10-14(9-23)26-12)18-8-15(33-29-22(3)6-7-22)11-31-16(18)4-5-17(31)20-27-28-21(32-20)19(24)25/h4-5,8,11-14,19,26,29H,6-7,9-10H2,1-3H3/t12-,13-,14+/m0/s1. The van der Waals surface area contributed by atoms with Gasteiger partial charge in [0.1, 0.15) is 6.67 Å². The summed E-state index contributed by atoms with van der Waals surface area (Å²) in [6, 6.07) is 6.02. The lowest BCUT2D eigenvalue weighted by Gasteiger charge is -2.44. The minimum atomic E-state index is -2.64. The second-order valence-electron chi connectivity index (χ2n) is 9.25. The predicted octanol–water partition coefficient (Wildman–Crippen LogP) is 5.07. The molecule has 1 saturated carbocycles. The summed E-state index contributed by atoms with van der Waals surface area (Å²) in [5, 5.41) is 11.2. The van der Waals surface area contributed by atoms with E-state index in [-0.39, 0.29) is 28.7 Å². The minimum Gasteiger partial charge on any atom is -0.364 e. The van der Waals surface area contributed by atoms with E-state index in [9.17, 15) is 13.2 Å². The predicted molar refractivity (Wildman–Crippen MR) is 127 cm³/mol. The molecule has 4 heterocycles. The van der Waals surface area contributed by atoms with Crippen LogP contribution in [0.2, 0.25) is 0 Å². The Labute approximate surface area is 199 Å². The highest BCUT2D eigenvalue weighted by atomic mass is 32.2. The third-order valence-corrected chi connectivity index (χ3v) is 8.61. The van der Waals surface area contributed by atoms with Crippen LogP contribution in [0.25, 0.3) is 16.2 Å². The molecule has 0 unspecified atom stereocenters. The summed E-state index contributed by atoms with van der Waals surface area (Å²) in [4.78, 5) is 3.25. The molecule has 3 aromatic heterocycles. The SMILES string of the molecule is C[C@@H]1N[C@H](CF)CN(c2cc(SNC3(C)CC3)cn3c(-c4nnc(C(F)F)s4)ccc23)[C@H]1C. The van der Waals surface area contributed by atoms with Gasteiger partial charge in [-0.15, -0.1) is 10.2 Å². The zero-order valence-corrected chi connectivity index (χ0v) is 20.3. The first kappa shape index (κ1) is 22.9. The summed E-state index contributed by atoms with van der Waals surface area (Å²) < 4.78 is 45.4. The molecule has 3 atom stereocenters. The van der Waals surface area contributed by atoms with E-state index in [1.165, 1.54) is 0 Å². The van der Waals surface area contributed by atoms with Gasteiger partial charge in [-0.25, -0.2) is 13.2 Å². The highest BCUT2D eigenvalue weighted by Crippen LogP contribution is 2.40. The fraction of sp³-hybridized carbons (Fsp3) is 0.545. The normalized spacial score (nSPS) is 24.7. The number of rotatable bonds is 7. The van der Waals surface area contributed by atoms with Crippen molar-refractivity contribution in [2.45, 2.75) is 68.6 Å². The van der Waals surface area contributed by atoms with Gasteiger partial charge < -0.3 is 14.6 Å². The molecule has 11 heteroatoms. The number of hydrogen-bond acceptors (Lipinski definition) is 7. The fourth-order valence-corrected chi connectivity index (χ4v) is 5.79. The molecular weight excluding hydrogens is 469 g/mol. The van der Waals surface area contributed by atoms with Crippen LogP contribution in [-0.2, 0) is 0 Å². The zero-order valence-electron chi connectivity index (χ0n) is 18.7. The summed E-state index contributed by atoms with van der Waals surface area (Å²) in [5.41, 5.74) is 2.78. The number of nitrogens with one attached hydrogen (secondary N) is 2. The molecule has 2 fully saturated rings. The number of fused-ring (bicyclic) bond motifs is 1. The maximum absolute atomic E-state index is 13.6. The first-order valence-corrected chi connectivity index (χ1v) is 12.7. The van der Waals surface area contributed by atoms with Crippen molar-refractivity contribution in [3.63, 3.8) is 0 Å². The first-order valence-electron chi connectivity index (χ1n) is 11.1. The van der Waals surface area contributed by atoms with Gasteiger partial charge in [-0.3, -0.25) is 4.72 Å². The first-order chi connectivity index (χ1) is 15.8. The molecule has 1 aliphatic heterocycles. The molecule has 0 radical (unpaired) electrons. The van der Waals surface area contributed by atoms with E-state index in [0.29, 0.717) is 17.2 Å². The summed E-state index contributed by atoms with van der Waals surface area (Å²) in [6.07, 6.45) is 1.63. The molecule has 0 aromatic carbocycles. The summed E-state index contributed by atoms with van der Waals surface area (Å²) >= 11 is 2.47. The molecule has 0 bridgehead atoms. The van der Waals surface area contributed by atoms with Crippen molar-refractivity contribution in [3.05, 3.63) is 29.4 Å². The number of nitrogens with zero attached hydrogens (tertiary/aromatic N) is 4. The molecule has 0 spiro atoms. The van der Waals surface area contributed by atoms with Gasteiger partial charge in [-0.2, -0.15) is 0 Å². The summed E-state index contributed by atoms with van der Waals surface area (Å²) in [6.45, 7) is 6.51. The molecule has 33 heavy (non-hydrogen) atoms. The monoisotopic (exact) mass is 496 g/mol. The molecule has 178 valence electrons. The van der Waals surface area contributed by atoms with Crippen molar-refractivity contribution in [1.29, 1.82) is 0 Å². The Morgan fingerprint density at radius 2 is 2.09 bits per heavy atom. The van der Waals surface area contributed by atoms with Gasteiger partial charge in [0, 0.05) is 35.3 Å². The minimum absolute atomic E-state index is 0.116. The van der Waals surface area contributed by atoms with E-state index in [1.807, 2.05) is 22.7 Å². The van der Waals surface area contributed by atoms with Crippen LogP contribution in [0.3, 0.4) is 0 Å². The Morgan fingerprint density at radius 3 is 2.76 bits per heavy atom. The van der Waals surface area contributed by atoms with Gasteiger partial charge in [0.2, 0.25) is 0 Å². The van der Waals surface area contributed by atoms with Gasteiger partial charge in [-0.05, 0) is 63.8 Å². The largest absolute Gasteiger partial charge is 0.364 e. The molecule has 3 aromatic rings. The Kier molecular flexibility index (Phi) is 6.09. The lowest BCUT2D eigenvalue weighted by atomic mass is 10.0. The Hall–Kier alpha value is -1.82. The summed E-state index contributed by atoms with van der Waals surface area (Å²) in [5.74, 6) is 0. The fourth-order valence-electron chi connectivity index (χ4n) is 4.18. The molecular formula is C22H27F3N6S2. The van der Waals surface area contributed by atoms with Crippen molar-refractivity contribution in [3.8, 4) is 10.7 Å². The topological polar surface area (TPSA) is 57.5 Å². The molecule has 2 N–H and O–H groups in total. The Balaban J connectivity index is 1.60. The van der Waals surface area contributed by atoms with Crippen LogP contribution in [0.15, 0.2) is 29.3 Å². The lowest BCUT2D eigenvalue weighted by Crippen LogP contribution is -2.61. The Bertz CT molecular complexity index is 1140. The maximum Gasteiger partial charge on any atom is 0.291 e. The van der Waals surface area contributed by atoms with Crippen molar-refractivity contribution in [1.82, 2.24) is 24.6 Å². The zero-order chi connectivity index (χ0) is 23.3. The number of piperazine rings is 1. The highest BCUT2D eigenvalue weighted by molar-refractivity contribution is 7.97. The van der Waals surface area contributed by atoms with Crippen LogP contribution in [0.5, 0.6) is 0 Å². The average molecular weight is 497 g/mol. The number of pyridine rings is 1. The van der Waals surface area contributed by atoms with Gasteiger partial charge in [0.15, 0.2) is 10.0 Å². The summed E-state index contributed by atoms with van der Waals surface area (Å²) in [7, 11) is 0. The quantitative estimate of drug-likeness (QED) is 0.446. The van der Waals surface area contributed by atoms with Gasteiger partial charge in [0.05, 0.1) is 22.9 Å².